The second-order valence-electron chi connectivity index (χ2n) is 8.45. The first-order chi connectivity index (χ1) is 16.4. The molecule has 1 fully saturated rings. The van der Waals surface area contributed by atoms with Crippen molar-refractivity contribution in [3.63, 3.8) is 0 Å². The van der Waals surface area contributed by atoms with Crippen molar-refractivity contribution in [3.05, 3.63) is 81.5 Å². The lowest BCUT2D eigenvalue weighted by atomic mass is 10.1. The largest absolute Gasteiger partial charge is 0.495 e. The van der Waals surface area contributed by atoms with E-state index in [1.807, 2.05) is 49.4 Å². The van der Waals surface area contributed by atoms with E-state index < -0.39 is 10.0 Å². The summed E-state index contributed by atoms with van der Waals surface area (Å²) in [6.45, 7) is 4.03. The molecule has 2 aromatic carbocycles. The van der Waals surface area contributed by atoms with Crippen LogP contribution < -0.4 is 4.74 Å². The summed E-state index contributed by atoms with van der Waals surface area (Å²) in [7, 11) is -2.28. The SMILES string of the molecule is COc1ccc(C(=O)N(CCc2ccccc2)Cc2ccc(C)s2)cc1S(=O)(=O)N1CCCC1. The predicted octanol–water partition coefficient (Wildman–Crippen LogP) is 4.73. The molecule has 1 amide bonds. The number of carbonyl (C=O) groups is 1. The number of hydrogen-bond donors (Lipinski definition) is 0. The molecule has 34 heavy (non-hydrogen) atoms. The number of rotatable bonds is 9. The maximum atomic E-state index is 13.7. The molecule has 0 saturated carbocycles. The summed E-state index contributed by atoms with van der Waals surface area (Å²) in [4.78, 5) is 17.8. The lowest BCUT2D eigenvalue weighted by molar-refractivity contribution is 0.0746. The lowest BCUT2D eigenvalue weighted by Gasteiger charge is -2.24. The summed E-state index contributed by atoms with van der Waals surface area (Å²) in [6.07, 6.45) is 2.40. The normalized spacial score (nSPS) is 14.3. The molecular weight excluding hydrogens is 468 g/mol. The Hall–Kier alpha value is -2.68. The molecular formula is C26H30N2O4S2. The summed E-state index contributed by atoms with van der Waals surface area (Å²) >= 11 is 1.66. The molecule has 180 valence electrons. The average Bonchev–Trinajstić information content (AvgIpc) is 3.54. The number of thiophene rings is 1. The minimum Gasteiger partial charge on any atom is -0.495 e. The number of nitrogens with zero attached hydrogens (tertiary/aromatic N) is 2. The van der Waals surface area contributed by atoms with Gasteiger partial charge < -0.3 is 9.64 Å². The second-order valence-corrected chi connectivity index (χ2v) is 11.7. The number of methoxy groups -OCH3 is 1. The molecule has 2 heterocycles. The summed E-state index contributed by atoms with van der Waals surface area (Å²) in [5, 5.41) is 0. The second kappa shape index (κ2) is 10.7. The molecule has 1 aliphatic heterocycles. The van der Waals surface area contributed by atoms with Gasteiger partial charge in [0.15, 0.2) is 0 Å². The highest BCUT2D eigenvalue weighted by Crippen LogP contribution is 2.30. The number of amides is 1. The quantitative estimate of drug-likeness (QED) is 0.428. The van der Waals surface area contributed by atoms with Gasteiger partial charge >= 0.3 is 0 Å². The average molecular weight is 499 g/mol. The molecule has 3 aromatic rings. The number of hydrogen-bond acceptors (Lipinski definition) is 5. The molecule has 0 N–H and O–H groups in total. The van der Waals surface area contributed by atoms with Crippen molar-refractivity contribution in [1.82, 2.24) is 9.21 Å². The third-order valence-electron chi connectivity index (χ3n) is 6.04. The van der Waals surface area contributed by atoms with Crippen molar-refractivity contribution in [2.75, 3.05) is 26.7 Å². The van der Waals surface area contributed by atoms with Gasteiger partial charge in [0, 0.05) is 35.0 Å². The Morgan fingerprint density at radius 2 is 1.79 bits per heavy atom. The van der Waals surface area contributed by atoms with Crippen molar-refractivity contribution in [2.45, 2.75) is 37.6 Å². The Kier molecular flexibility index (Phi) is 7.70. The van der Waals surface area contributed by atoms with Gasteiger partial charge in [-0.05, 0) is 62.1 Å². The van der Waals surface area contributed by atoms with Crippen LogP contribution >= 0.6 is 11.3 Å². The highest BCUT2D eigenvalue weighted by Gasteiger charge is 2.31. The Balaban J connectivity index is 1.64. The van der Waals surface area contributed by atoms with Crippen LogP contribution in [-0.4, -0.2) is 50.3 Å². The topological polar surface area (TPSA) is 66.9 Å². The van der Waals surface area contributed by atoms with Gasteiger partial charge in [0.2, 0.25) is 10.0 Å². The van der Waals surface area contributed by atoms with E-state index in [1.165, 1.54) is 22.4 Å². The van der Waals surface area contributed by atoms with Crippen LogP contribution in [0.25, 0.3) is 0 Å². The van der Waals surface area contributed by atoms with Gasteiger partial charge in [-0.3, -0.25) is 4.79 Å². The molecule has 1 saturated heterocycles. The van der Waals surface area contributed by atoms with Crippen molar-refractivity contribution < 1.29 is 17.9 Å². The van der Waals surface area contributed by atoms with Gasteiger partial charge in [-0.2, -0.15) is 4.31 Å². The molecule has 0 unspecified atom stereocenters. The first-order valence-corrected chi connectivity index (χ1v) is 13.7. The van der Waals surface area contributed by atoms with E-state index in [1.54, 1.807) is 28.4 Å². The van der Waals surface area contributed by atoms with Crippen LogP contribution in [0.2, 0.25) is 0 Å². The Labute approximate surface area is 205 Å². The van der Waals surface area contributed by atoms with Gasteiger partial charge in [0.25, 0.3) is 5.91 Å². The van der Waals surface area contributed by atoms with E-state index in [0.717, 1.165) is 23.3 Å². The molecule has 0 bridgehead atoms. The number of ether oxygens (including phenoxy) is 1. The fourth-order valence-electron chi connectivity index (χ4n) is 4.18. The fourth-order valence-corrected chi connectivity index (χ4v) is 6.79. The van der Waals surface area contributed by atoms with Crippen LogP contribution in [0.3, 0.4) is 0 Å². The Morgan fingerprint density at radius 1 is 1.06 bits per heavy atom. The summed E-state index contributed by atoms with van der Waals surface area (Å²) in [5.41, 5.74) is 1.50. The molecule has 6 nitrogen and oxygen atoms in total. The van der Waals surface area contributed by atoms with E-state index in [0.29, 0.717) is 38.2 Å². The molecule has 0 radical (unpaired) electrons. The van der Waals surface area contributed by atoms with Gasteiger partial charge in [-0.1, -0.05) is 30.3 Å². The van der Waals surface area contributed by atoms with Crippen LogP contribution in [0.15, 0.2) is 65.6 Å². The van der Waals surface area contributed by atoms with Crippen LogP contribution in [0.1, 0.15) is 38.5 Å². The zero-order chi connectivity index (χ0) is 24.1. The van der Waals surface area contributed by atoms with E-state index in [2.05, 4.69) is 0 Å². The molecule has 1 aromatic heterocycles. The molecule has 0 atom stereocenters. The zero-order valence-electron chi connectivity index (χ0n) is 19.6. The van der Waals surface area contributed by atoms with Crippen LogP contribution in [0, 0.1) is 6.92 Å². The van der Waals surface area contributed by atoms with E-state index in [9.17, 15) is 13.2 Å². The van der Waals surface area contributed by atoms with Crippen molar-refractivity contribution in [3.8, 4) is 5.75 Å². The highest BCUT2D eigenvalue weighted by molar-refractivity contribution is 7.89. The minimum atomic E-state index is -3.73. The highest BCUT2D eigenvalue weighted by atomic mass is 32.2. The third kappa shape index (κ3) is 5.51. The van der Waals surface area contributed by atoms with Gasteiger partial charge in [-0.15, -0.1) is 11.3 Å². The van der Waals surface area contributed by atoms with Gasteiger partial charge in [0.1, 0.15) is 10.6 Å². The predicted molar refractivity (Wildman–Crippen MR) is 135 cm³/mol. The smallest absolute Gasteiger partial charge is 0.254 e. The first kappa shape index (κ1) is 24.4. The molecule has 4 rings (SSSR count). The van der Waals surface area contributed by atoms with Gasteiger partial charge in [-0.25, -0.2) is 8.42 Å². The Morgan fingerprint density at radius 3 is 2.44 bits per heavy atom. The van der Waals surface area contributed by atoms with Crippen LogP contribution in [0.4, 0.5) is 0 Å². The van der Waals surface area contributed by atoms with E-state index in [4.69, 9.17) is 4.74 Å². The third-order valence-corrected chi connectivity index (χ3v) is 8.94. The molecule has 0 aliphatic carbocycles. The number of carbonyl (C=O) groups excluding carboxylic acids is 1. The standard InChI is InChI=1S/C26H30N2O4S2/c1-20-10-12-23(33-20)19-27(17-14-21-8-4-3-5-9-21)26(29)22-11-13-24(32-2)25(18-22)34(30,31)28-15-6-7-16-28/h3-5,8-13,18H,6-7,14-17,19H2,1-2H3. The summed E-state index contributed by atoms with van der Waals surface area (Å²) in [6, 6.07) is 18.9. The number of sulfonamides is 1. The number of benzene rings is 2. The van der Waals surface area contributed by atoms with Crippen molar-refractivity contribution in [1.29, 1.82) is 0 Å². The fraction of sp³-hybridized carbons (Fsp3) is 0.346. The lowest BCUT2D eigenvalue weighted by Crippen LogP contribution is -2.33. The monoisotopic (exact) mass is 498 g/mol. The minimum absolute atomic E-state index is 0.0535. The maximum Gasteiger partial charge on any atom is 0.254 e. The van der Waals surface area contributed by atoms with Crippen LogP contribution in [0.5, 0.6) is 5.75 Å². The van der Waals surface area contributed by atoms with Crippen molar-refractivity contribution >= 4 is 27.3 Å². The van der Waals surface area contributed by atoms with Crippen molar-refractivity contribution in [2.24, 2.45) is 0 Å². The maximum absolute atomic E-state index is 13.7. The van der Waals surface area contributed by atoms with Gasteiger partial charge in [0.05, 0.1) is 13.7 Å². The number of aryl methyl sites for hydroxylation is 1. The molecule has 0 spiro atoms. The van der Waals surface area contributed by atoms with E-state index >= 15 is 0 Å². The molecule has 1 aliphatic rings. The molecule has 8 heteroatoms. The Bertz CT molecular complexity index is 1230. The zero-order valence-corrected chi connectivity index (χ0v) is 21.2. The van der Waals surface area contributed by atoms with Crippen LogP contribution in [-0.2, 0) is 23.0 Å². The van der Waals surface area contributed by atoms with E-state index in [-0.39, 0.29) is 16.6 Å². The summed E-state index contributed by atoms with van der Waals surface area (Å²) in [5.74, 6) is 0.0654. The first-order valence-electron chi connectivity index (χ1n) is 11.4. The summed E-state index contributed by atoms with van der Waals surface area (Å²) < 4.78 is 33.4.